The number of nitrogens with zero attached hydrogens (tertiary/aromatic N) is 3. The molecule has 2 heterocycles. The number of aliphatic carboxylic acids is 1. The topological polar surface area (TPSA) is 88.7 Å². The van der Waals surface area contributed by atoms with E-state index >= 15 is 0 Å². The fraction of sp³-hybridized carbons (Fsp3) is 0.583. The van der Waals surface area contributed by atoms with E-state index in [-0.39, 0.29) is 6.10 Å². The van der Waals surface area contributed by atoms with Crippen LogP contribution in [-0.4, -0.2) is 51.9 Å². The monoisotopic (exact) mass is 623 g/mol. The third-order valence-electron chi connectivity index (χ3n) is 8.14. The lowest BCUT2D eigenvalue weighted by atomic mass is 9.79. The van der Waals surface area contributed by atoms with Gasteiger partial charge >= 0.3 is 5.97 Å². The molecular weight excluding hydrogens is 574 g/mol. The van der Waals surface area contributed by atoms with Gasteiger partial charge in [0.2, 0.25) is 5.82 Å². The molecule has 1 aliphatic heterocycles. The summed E-state index contributed by atoms with van der Waals surface area (Å²) in [5.74, 6) is 0.780. The number of carbonyl (C=O) groups is 1. The zero-order valence-corrected chi connectivity index (χ0v) is 28.1. The first-order valence-corrected chi connectivity index (χ1v) is 16.5. The molecule has 0 radical (unpaired) electrons. The molecular formula is C36H50ClN3O4. The van der Waals surface area contributed by atoms with Gasteiger partial charge in [0.25, 0.3) is 5.89 Å². The lowest BCUT2D eigenvalue weighted by Crippen LogP contribution is -2.47. The van der Waals surface area contributed by atoms with Crippen molar-refractivity contribution in [3.8, 4) is 22.8 Å². The zero-order chi connectivity index (χ0) is 31.9. The first-order valence-electron chi connectivity index (χ1n) is 16.1. The van der Waals surface area contributed by atoms with Gasteiger partial charge in [-0.15, -0.1) is 0 Å². The average molecular weight is 624 g/mol. The molecule has 8 heteroatoms. The maximum absolute atomic E-state index is 12.2. The highest BCUT2D eigenvalue weighted by Gasteiger charge is 2.42. The molecule has 3 aromatic rings. The number of aromatic nitrogens is 2. The van der Waals surface area contributed by atoms with E-state index in [9.17, 15) is 9.90 Å². The predicted octanol–water partition coefficient (Wildman–Crippen LogP) is 8.93. The number of carboxylic acid groups (broad SMARTS) is 1. The molecule has 0 spiro atoms. The Bertz CT molecular complexity index is 1340. The molecule has 2 aromatic carbocycles. The summed E-state index contributed by atoms with van der Waals surface area (Å²) in [7, 11) is 0. The van der Waals surface area contributed by atoms with Crippen LogP contribution in [0, 0.1) is 16.7 Å². The number of rotatable bonds is 10. The Kier molecular flexibility index (Phi) is 11.7. The Morgan fingerprint density at radius 2 is 1.68 bits per heavy atom. The lowest BCUT2D eigenvalue weighted by Gasteiger charge is -2.39. The van der Waals surface area contributed by atoms with Crippen LogP contribution in [0.4, 0.5) is 0 Å². The molecule has 5 rings (SSSR count). The average Bonchev–Trinajstić information content (AvgIpc) is 3.66. The van der Waals surface area contributed by atoms with Crippen LogP contribution >= 0.6 is 11.6 Å². The quantitative estimate of drug-likeness (QED) is 0.241. The summed E-state index contributed by atoms with van der Waals surface area (Å²) in [4.78, 5) is 19.1. The van der Waals surface area contributed by atoms with E-state index in [4.69, 9.17) is 20.9 Å². The zero-order valence-electron chi connectivity index (χ0n) is 27.4. The largest absolute Gasteiger partial charge is 0.481 e. The van der Waals surface area contributed by atoms with Gasteiger partial charge in [-0.2, -0.15) is 4.98 Å². The van der Waals surface area contributed by atoms with Gasteiger partial charge in [0, 0.05) is 22.7 Å². The second-order valence-corrected chi connectivity index (χ2v) is 15.0. The van der Waals surface area contributed by atoms with E-state index in [0.717, 1.165) is 55.6 Å². The predicted molar refractivity (Wildman–Crippen MR) is 177 cm³/mol. The fourth-order valence-electron chi connectivity index (χ4n) is 5.65. The normalized spacial score (nSPS) is 17.5. The van der Waals surface area contributed by atoms with Crippen LogP contribution in [0.15, 0.2) is 47.0 Å². The Balaban J connectivity index is 0.000000818. The van der Waals surface area contributed by atoms with Crippen LogP contribution in [0.1, 0.15) is 91.2 Å². The highest BCUT2D eigenvalue weighted by molar-refractivity contribution is 6.31. The highest BCUT2D eigenvalue weighted by atomic mass is 35.5. The second-order valence-electron chi connectivity index (χ2n) is 14.6. The van der Waals surface area contributed by atoms with E-state index < -0.39 is 11.4 Å². The first-order chi connectivity index (χ1) is 20.8. The molecule has 0 unspecified atom stereocenters. The Labute approximate surface area is 268 Å². The second kappa shape index (κ2) is 15.0. The molecule has 1 saturated carbocycles. The summed E-state index contributed by atoms with van der Waals surface area (Å²) in [6.07, 6.45) is 6.88. The van der Waals surface area contributed by atoms with Gasteiger partial charge in [0.05, 0.1) is 18.1 Å². The van der Waals surface area contributed by atoms with E-state index in [1.807, 2.05) is 30.3 Å². The number of hydrogen-bond donors (Lipinski definition) is 1. The molecule has 2 fully saturated rings. The number of carboxylic acids is 1. The Hall–Kier alpha value is -2.74. The summed E-state index contributed by atoms with van der Waals surface area (Å²) in [6.45, 7) is 15.7. The molecule has 0 bridgehead atoms. The van der Waals surface area contributed by atoms with Crippen molar-refractivity contribution < 1.29 is 19.2 Å². The molecule has 7 nitrogen and oxygen atoms in total. The fourth-order valence-corrected chi connectivity index (χ4v) is 5.91. The van der Waals surface area contributed by atoms with Crippen molar-refractivity contribution in [2.45, 2.75) is 99.1 Å². The summed E-state index contributed by atoms with van der Waals surface area (Å²) >= 11 is 6.49. The van der Waals surface area contributed by atoms with Gasteiger partial charge in [-0.1, -0.05) is 101 Å². The SMILES string of the molecule is CC(C)(C)C.CC(C)Cc1ccc(-c2nc(-c3ccc(CN4CCC(COC5CCCC5)(C(=O)O)CC4)cc3)no2)cc1Cl. The van der Waals surface area contributed by atoms with Crippen molar-refractivity contribution in [2.24, 2.45) is 16.7 Å². The van der Waals surface area contributed by atoms with Crippen LogP contribution < -0.4 is 0 Å². The Morgan fingerprint density at radius 1 is 1.07 bits per heavy atom. The van der Waals surface area contributed by atoms with E-state index in [1.165, 1.54) is 18.4 Å². The third-order valence-corrected chi connectivity index (χ3v) is 8.49. The number of piperidine rings is 1. The van der Waals surface area contributed by atoms with Crippen molar-refractivity contribution in [1.82, 2.24) is 15.0 Å². The molecule has 44 heavy (non-hydrogen) atoms. The van der Waals surface area contributed by atoms with Crippen molar-refractivity contribution in [1.29, 1.82) is 0 Å². The minimum Gasteiger partial charge on any atom is -0.481 e. The number of halogens is 1. The summed E-state index contributed by atoms with van der Waals surface area (Å²) in [5.41, 5.74) is 3.70. The minimum absolute atomic E-state index is 0.237. The summed E-state index contributed by atoms with van der Waals surface area (Å²) in [6, 6.07) is 14.0. The van der Waals surface area contributed by atoms with Crippen molar-refractivity contribution in [3.63, 3.8) is 0 Å². The van der Waals surface area contributed by atoms with Gasteiger partial charge in [0.1, 0.15) is 0 Å². The lowest BCUT2D eigenvalue weighted by molar-refractivity contribution is -0.159. The van der Waals surface area contributed by atoms with Crippen LogP contribution in [0.3, 0.4) is 0 Å². The molecule has 240 valence electrons. The van der Waals surface area contributed by atoms with Crippen LogP contribution in [0.2, 0.25) is 5.02 Å². The summed E-state index contributed by atoms with van der Waals surface area (Å²) < 4.78 is 11.6. The number of hydrogen-bond acceptors (Lipinski definition) is 6. The molecule has 0 amide bonds. The van der Waals surface area contributed by atoms with Gasteiger partial charge in [0.15, 0.2) is 0 Å². The molecule has 2 aliphatic rings. The maximum Gasteiger partial charge on any atom is 0.312 e. The van der Waals surface area contributed by atoms with Gasteiger partial charge < -0.3 is 14.4 Å². The van der Waals surface area contributed by atoms with Gasteiger partial charge in [-0.25, -0.2) is 0 Å². The maximum atomic E-state index is 12.2. The first kappa shape index (κ1) is 34.1. The minimum atomic E-state index is -0.766. The molecule has 1 aromatic heterocycles. The van der Waals surface area contributed by atoms with Crippen molar-refractivity contribution >= 4 is 17.6 Å². The van der Waals surface area contributed by atoms with Gasteiger partial charge in [-0.3, -0.25) is 9.69 Å². The van der Waals surface area contributed by atoms with E-state index in [2.05, 4.69) is 68.7 Å². The van der Waals surface area contributed by atoms with Crippen LogP contribution in [-0.2, 0) is 22.5 Å². The van der Waals surface area contributed by atoms with Gasteiger partial charge in [-0.05, 0) is 79.8 Å². The highest BCUT2D eigenvalue weighted by Crippen LogP contribution is 2.35. The number of ether oxygens (including phenoxy) is 1. The molecule has 0 atom stereocenters. The molecule has 1 aliphatic carbocycles. The molecule has 1 N–H and O–H groups in total. The van der Waals surface area contributed by atoms with Crippen molar-refractivity contribution in [3.05, 3.63) is 58.6 Å². The van der Waals surface area contributed by atoms with E-state index in [0.29, 0.717) is 47.5 Å². The van der Waals surface area contributed by atoms with E-state index in [1.54, 1.807) is 0 Å². The Morgan fingerprint density at radius 3 is 2.25 bits per heavy atom. The van der Waals surface area contributed by atoms with Crippen LogP contribution in [0.5, 0.6) is 0 Å². The van der Waals surface area contributed by atoms with Crippen LogP contribution in [0.25, 0.3) is 22.8 Å². The number of benzene rings is 2. The number of likely N-dealkylation sites (tertiary alicyclic amines) is 1. The standard InChI is InChI=1S/C31H38ClN3O4.C5H12/c1-21(2)17-24-11-12-25(18-27(24)32)29-33-28(34-39-29)23-9-7-22(8-10-23)19-35-15-13-31(14-16-35,30(36)37)20-38-26-5-3-4-6-26;1-5(2,3)4/h7-12,18,21,26H,3-6,13-17,19-20H2,1-2H3,(H,36,37);1-4H3. The smallest absolute Gasteiger partial charge is 0.312 e. The third kappa shape index (κ3) is 9.88. The van der Waals surface area contributed by atoms with Crippen molar-refractivity contribution in [2.75, 3.05) is 19.7 Å². The molecule has 1 saturated heterocycles. The summed E-state index contributed by atoms with van der Waals surface area (Å²) in [5, 5.41) is 14.9.